The van der Waals surface area contributed by atoms with Crippen LogP contribution in [0.1, 0.15) is 69.6 Å². The van der Waals surface area contributed by atoms with Gasteiger partial charge < -0.3 is 14.8 Å². The summed E-state index contributed by atoms with van der Waals surface area (Å²) in [5.74, 6) is 1.92. The molecule has 4 nitrogen and oxygen atoms in total. The minimum Gasteiger partial charge on any atom is -0.490 e. The zero-order valence-electron chi connectivity index (χ0n) is 18.5. The van der Waals surface area contributed by atoms with E-state index < -0.39 is 0 Å². The minimum atomic E-state index is 0.0300. The molecule has 0 aliphatic rings. The Bertz CT molecular complexity index is 799. The van der Waals surface area contributed by atoms with E-state index in [-0.39, 0.29) is 5.91 Å². The standard InChI is InChI=1S/C25H35NO3/c1-6-8-16-29-22-14-12-20(17-23(22)28-7-2)13-15-24(27)26-25-19(5)10-9-11-21(25)18(3)4/h9-12,14,17-18H,6-8,13,15-16H2,1-5H3,(H,26,27). The van der Waals surface area contributed by atoms with Crippen molar-refractivity contribution in [3.05, 3.63) is 53.1 Å². The van der Waals surface area contributed by atoms with Crippen LogP contribution in [0.25, 0.3) is 0 Å². The van der Waals surface area contributed by atoms with Gasteiger partial charge in [-0.3, -0.25) is 4.79 Å². The second-order valence-electron chi connectivity index (χ2n) is 7.66. The first kappa shape index (κ1) is 22.8. The van der Waals surface area contributed by atoms with Crippen molar-refractivity contribution in [1.29, 1.82) is 0 Å². The molecule has 1 amide bonds. The maximum absolute atomic E-state index is 12.6. The van der Waals surface area contributed by atoms with Crippen LogP contribution in [0.5, 0.6) is 11.5 Å². The summed E-state index contributed by atoms with van der Waals surface area (Å²) in [6.07, 6.45) is 3.19. The zero-order chi connectivity index (χ0) is 21.2. The Morgan fingerprint density at radius 1 is 1.07 bits per heavy atom. The van der Waals surface area contributed by atoms with Crippen LogP contribution in [0.3, 0.4) is 0 Å². The molecule has 4 heteroatoms. The Kier molecular flexibility index (Phi) is 9.04. The molecule has 0 fully saturated rings. The predicted octanol–water partition coefficient (Wildman–Crippen LogP) is 6.27. The van der Waals surface area contributed by atoms with Crippen molar-refractivity contribution in [2.24, 2.45) is 0 Å². The topological polar surface area (TPSA) is 47.6 Å². The van der Waals surface area contributed by atoms with Gasteiger partial charge in [0.1, 0.15) is 0 Å². The lowest BCUT2D eigenvalue weighted by molar-refractivity contribution is -0.116. The number of anilines is 1. The number of hydrogen-bond donors (Lipinski definition) is 1. The second-order valence-corrected chi connectivity index (χ2v) is 7.66. The van der Waals surface area contributed by atoms with Gasteiger partial charge in [-0.15, -0.1) is 0 Å². The minimum absolute atomic E-state index is 0.0300. The summed E-state index contributed by atoms with van der Waals surface area (Å²) in [7, 11) is 0. The SMILES string of the molecule is CCCCOc1ccc(CCC(=O)Nc2c(C)cccc2C(C)C)cc1OCC. The largest absolute Gasteiger partial charge is 0.490 e. The molecule has 0 unspecified atom stereocenters. The molecule has 0 aliphatic carbocycles. The van der Waals surface area contributed by atoms with E-state index in [4.69, 9.17) is 9.47 Å². The maximum Gasteiger partial charge on any atom is 0.224 e. The van der Waals surface area contributed by atoms with Crippen molar-refractivity contribution in [1.82, 2.24) is 0 Å². The number of hydrogen-bond acceptors (Lipinski definition) is 3. The number of rotatable bonds is 11. The Morgan fingerprint density at radius 2 is 1.86 bits per heavy atom. The molecule has 158 valence electrons. The number of benzene rings is 2. The average Bonchev–Trinajstić information content (AvgIpc) is 2.69. The van der Waals surface area contributed by atoms with Gasteiger partial charge in [0.05, 0.1) is 13.2 Å². The van der Waals surface area contributed by atoms with Crippen molar-refractivity contribution in [3.63, 3.8) is 0 Å². The summed E-state index contributed by atoms with van der Waals surface area (Å²) >= 11 is 0. The molecule has 0 spiro atoms. The fraction of sp³-hybridized carbons (Fsp3) is 0.480. The summed E-state index contributed by atoms with van der Waals surface area (Å²) in [5, 5.41) is 3.12. The Labute approximate surface area is 175 Å². The maximum atomic E-state index is 12.6. The van der Waals surface area contributed by atoms with Gasteiger partial charge in [0.25, 0.3) is 0 Å². The molecule has 0 aliphatic heterocycles. The van der Waals surface area contributed by atoms with Gasteiger partial charge in [0.2, 0.25) is 5.91 Å². The van der Waals surface area contributed by atoms with Crippen LogP contribution in [0.15, 0.2) is 36.4 Å². The summed E-state index contributed by atoms with van der Waals surface area (Å²) in [4.78, 5) is 12.6. The number of para-hydroxylation sites is 1. The third kappa shape index (κ3) is 6.81. The number of amides is 1. The van der Waals surface area contributed by atoms with Crippen LogP contribution in [-0.4, -0.2) is 19.1 Å². The lowest BCUT2D eigenvalue weighted by atomic mass is 9.98. The molecule has 29 heavy (non-hydrogen) atoms. The number of carbonyl (C=O) groups is 1. The van der Waals surface area contributed by atoms with E-state index >= 15 is 0 Å². The quantitative estimate of drug-likeness (QED) is 0.455. The lowest BCUT2D eigenvalue weighted by Gasteiger charge is -2.16. The molecule has 2 aromatic carbocycles. The molecular weight excluding hydrogens is 362 g/mol. The normalized spacial score (nSPS) is 10.8. The number of unbranched alkanes of at least 4 members (excludes halogenated alkanes) is 1. The molecule has 0 heterocycles. The van der Waals surface area contributed by atoms with Crippen LogP contribution < -0.4 is 14.8 Å². The first-order valence-electron chi connectivity index (χ1n) is 10.7. The fourth-order valence-corrected chi connectivity index (χ4v) is 3.22. The highest BCUT2D eigenvalue weighted by Gasteiger charge is 2.13. The van der Waals surface area contributed by atoms with Gasteiger partial charge in [-0.2, -0.15) is 0 Å². The van der Waals surface area contributed by atoms with Gasteiger partial charge in [-0.25, -0.2) is 0 Å². The van der Waals surface area contributed by atoms with Gasteiger partial charge >= 0.3 is 0 Å². The molecule has 0 saturated carbocycles. The van der Waals surface area contributed by atoms with E-state index in [2.05, 4.69) is 32.2 Å². The molecule has 2 rings (SSSR count). The Morgan fingerprint density at radius 3 is 2.55 bits per heavy atom. The predicted molar refractivity (Wildman–Crippen MR) is 120 cm³/mol. The monoisotopic (exact) mass is 397 g/mol. The van der Waals surface area contributed by atoms with Crippen molar-refractivity contribution in [2.45, 2.75) is 66.2 Å². The van der Waals surface area contributed by atoms with Crippen molar-refractivity contribution >= 4 is 11.6 Å². The second kappa shape index (κ2) is 11.5. The highest BCUT2D eigenvalue weighted by Crippen LogP contribution is 2.30. The van der Waals surface area contributed by atoms with Gasteiger partial charge in [0.15, 0.2) is 11.5 Å². The van der Waals surface area contributed by atoms with Crippen molar-refractivity contribution in [2.75, 3.05) is 18.5 Å². The fourth-order valence-electron chi connectivity index (χ4n) is 3.22. The first-order valence-corrected chi connectivity index (χ1v) is 10.7. The van der Waals surface area contributed by atoms with E-state index in [1.165, 1.54) is 5.56 Å². The molecular formula is C25H35NO3. The summed E-state index contributed by atoms with van der Waals surface area (Å²) < 4.78 is 11.6. The van der Waals surface area contributed by atoms with Crippen molar-refractivity contribution < 1.29 is 14.3 Å². The van der Waals surface area contributed by atoms with E-state index in [1.54, 1.807) is 0 Å². The third-order valence-electron chi connectivity index (χ3n) is 4.90. The number of aryl methyl sites for hydroxylation is 2. The van der Waals surface area contributed by atoms with Crippen LogP contribution in [-0.2, 0) is 11.2 Å². The van der Waals surface area contributed by atoms with Crippen LogP contribution in [0.4, 0.5) is 5.69 Å². The molecule has 0 saturated heterocycles. The molecule has 1 N–H and O–H groups in total. The molecule has 2 aromatic rings. The van der Waals surface area contributed by atoms with E-state index in [1.807, 2.05) is 44.2 Å². The molecule has 0 radical (unpaired) electrons. The summed E-state index contributed by atoms with van der Waals surface area (Å²) in [5.41, 5.74) is 4.28. The van der Waals surface area contributed by atoms with E-state index in [0.717, 1.165) is 41.2 Å². The highest BCUT2D eigenvalue weighted by molar-refractivity contribution is 5.92. The lowest BCUT2D eigenvalue weighted by Crippen LogP contribution is -2.15. The summed E-state index contributed by atoms with van der Waals surface area (Å²) in [6, 6.07) is 12.1. The smallest absolute Gasteiger partial charge is 0.224 e. The van der Waals surface area contributed by atoms with Crippen molar-refractivity contribution in [3.8, 4) is 11.5 Å². The van der Waals surface area contributed by atoms with Crippen LogP contribution in [0.2, 0.25) is 0 Å². The summed E-state index contributed by atoms with van der Waals surface area (Å²) in [6.45, 7) is 11.7. The van der Waals surface area contributed by atoms with Crippen LogP contribution >= 0.6 is 0 Å². The molecule has 0 atom stereocenters. The third-order valence-corrected chi connectivity index (χ3v) is 4.90. The van der Waals surface area contributed by atoms with Gasteiger partial charge in [0, 0.05) is 12.1 Å². The molecule has 0 aromatic heterocycles. The van der Waals surface area contributed by atoms with E-state index in [0.29, 0.717) is 32.0 Å². The number of nitrogens with one attached hydrogen (secondary N) is 1. The van der Waals surface area contributed by atoms with E-state index in [9.17, 15) is 4.79 Å². The van der Waals surface area contributed by atoms with Gasteiger partial charge in [-0.1, -0.05) is 51.5 Å². The zero-order valence-corrected chi connectivity index (χ0v) is 18.5. The number of carbonyl (C=O) groups excluding carboxylic acids is 1. The number of ether oxygens (including phenoxy) is 2. The Hall–Kier alpha value is -2.49. The van der Waals surface area contributed by atoms with Crippen LogP contribution in [0, 0.1) is 6.92 Å². The first-order chi connectivity index (χ1) is 14.0. The Balaban J connectivity index is 2.02. The van der Waals surface area contributed by atoms with Gasteiger partial charge in [-0.05, 0) is 61.4 Å². The highest BCUT2D eigenvalue weighted by atomic mass is 16.5. The average molecular weight is 398 g/mol. The molecule has 0 bridgehead atoms.